The first-order valence-corrected chi connectivity index (χ1v) is 8.59. The molecule has 5 heteroatoms. The number of carbonyl (C=O) groups is 2. The van der Waals surface area contributed by atoms with E-state index in [1.165, 1.54) is 0 Å². The third-order valence-corrected chi connectivity index (χ3v) is 4.75. The van der Waals surface area contributed by atoms with Gasteiger partial charge in [-0.1, -0.05) is 36.4 Å². The highest BCUT2D eigenvalue weighted by Crippen LogP contribution is 2.23. The fraction of sp³-hybridized carbons (Fsp3) is 0.350. The second-order valence-corrected chi connectivity index (χ2v) is 6.40. The zero-order valence-corrected chi connectivity index (χ0v) is 14.1. The van der Waals surface area contributed by atoms with E-state index >= 15 is 0 Å². The van der Waals surface area contributed by atoms with Crippen molar-refractivity contribution >= 4 is 22.6 Å². The monoisotopic (exact) mass is 335 g/mol. The first-order valence-electron chi connectivity index (χ1n) is 8.59. The van der Waals surface area contributed by atoms with Crippen LogP contribution >= 0.6 is 0 Å². The van der Waals surface area contributed by atoms with Crippen molar-refractivity contribution in [2.75, 3.05) is 19.6 Å². The predicted octanol–water partition coefficient (Wildman–Crippen LogP) is 2.72. The van der Waals surface area contributed by atoms with Gasteiger partial charge in [0.05, 0.1) is 6.07 Å². The van der Waals surface area contributed by atoms with Crippen LogP contribution in [0.25, 0.3) is 10.8 Å². The van der Waals surface area contributed by atoms with Crippen LogP contribution in [-0.2, 0) is 4.79 Å². The second-order valence-electron chi connectivity index (χ2n) is 6.40. The molecular formula is C20H21N3O2. The van der Waals surface area contributed by atoms with Crippen LogP contribution in [0.4, 0.5) is 0 Å². The standard InChI is InChI=1S/C20H21N3O2/c21-11-8-19(24)22-14-15-9-12-23(13-10-15)20(25)18-7-3-5-16-4-1-2-6-17(16)18/h1-7,15H,8-10,12-14H2,(H,22,24). The number of nitrogens with one attached hydrogen (secondary N) is 1. The summed E-state index contributed by atoms with van der Waals surface area (Å²) in [7, 11) is 0. The summed E-state index contributed by atoms with van der Waals surface area (Å²) in [6.45, 7) is 1.97. The third kappa shape index (κ3) is 3.97. The van der Waals surface area contributed by atoms with Crippen LogP contribution in [-0.4, -0.2) is 36.3 Å². The lowest BCUT2D eigenvalue weighted by Gasteiger charge is -2.32. The van der Waals surface area contributed by atoms with E-state index in [9.17, 15) is 9.59 Å². The van der Waals surface area contributed by atoms with E-state index in [1.54, 1.807) is 0 Å². The second kappa shape index (κ2) is 7.80. The van der Waals surface area contributed by atoms with Crippen molar-refractivity contribution in [2.24, 2.45) is 5.92 Å². The normalized spacial score (nSPS) is 14.9. The molecule has 0 saturated carbocycles. The molecule has 0 spiro atoms. The lowest BCUT2D eigenvalue weighted by Crippen LogP contribution is -2.41. The Morgan fingerprint density at radius 3 is 2.60 bits per heavy atom. The van der Waals surface area contributed by atoms with Crippen LogP contribution < -0.4 is 5.32 Å². The van der Waals surface area contributed by atoms with Gasteiger partial charge in [-0.3, -0.25) is 9.59 Å². The molecule has 3 rings (SSSR count). The van der Waals surface area contributed by atoms with Crippen molar-refractivity contribution < 1.29 is 9.59 Å². The molecule has 0 bridgehead atoms. The summed E-state index contributed by atoms with van der Waals surface area (Å²) in [5.74, 6) is 0.208. The molecule has 1 aliphatic heterocycles. The number of rotatable bonds is 4. The van der Waals surface area contributed by atoms with Crippen molar-refractivity contribution in [2.45, 2.75) is 19.3 Å². The summed E-state index contributed by atoms with van der Waals surface area (Å²) in [6.07, 6.45) is 1.63. The SMILES string of the molecule is N#CCC(=O)NCC1CCN(C(=O)c2cccc3ccccc23)CC1. The average Bonchev–Trinajstić information content (AvgIpc) is 2.66. The van der Waals surface area contributed by atoms with Crippen LogP contribution in [0, 0.1) is 17.2 Å². The highest BCUT2D eigenvalue weighted by Gasteiger charge is 2.24. The number of carbonyl (C=O) groups excluding carboxylic acids is 2. The molecule has 2 aromatic rings. The van der Waals surface area contributed by atoms with E-state index < -0.39 is 0 Å². The molecule has 1 fully saturated rings. The van der Waals surface area contributed by atoms with Crippen molar-refractivity contribution in [1.29, 1.82) is 5.26 Å². The molecule has 5 nitrogen and oxygen atoms in total. The quantitative estimate of drug-likeness (QED) is 0.933. The van der Waals surface area contributed by atoms with Gasteiger partial charge in [-0.2, -0.15) is 5.26 Å². The van der Waals surface area contributed by atoms with E-state index in [1.807, 2.05) is 53.4 Å². The van der Waals surface area contributed by atoms with E-state index in [0.29, 0.717) is 25.6 Å². The Morgan fingerprint density at radius 2 is 1.84 bits per heavy atom. The summed E-state index contributed by atoms with van der Waals surface area (Å²) in [5, 5.41) is 13.3. The van der Waals surface area contributed by atoms with Crippen LogP contribution in [0.1, 0.15) is 29.6 Å². The van der Waals surface area contributed by atoms with Gasteiger partial charge in [0, 0.05) is 25.2 Å². The Hall–Kier alpha value is -2.87. The van der Waals surface area contributed by atoms with E-state index in [-0.39, 0.29) is 18.2 Å². The number of piperidine rings is 1. The summed E-state index contributed by atoms with van der Waals surface area (Å²) in [4.78, 5) is 26.2. The first-order chi connectivity index (χ1) is 12.2. The highest BCUT2D eigenvalue weighted by molar-refractivity contribution is 6.07. The minimum absolute atomic E-state index is 0.0729. The summed E-state index contributed by atoms with van der Waals surface area (Å²) >= 11 is 0. The van der Waals surface area contributed by atoms with Crippen LogP contribution in [0.15, 0.2) is 42.5 Å². The molecule has 1 aliphatic rings. The highest BCUT2D eigenvalue weighted by atomic mass is 16.2. The van der Waals surface area contributed by atoms with Crippen LogP contribution in [0.2, 0.25) is 0 Å². The number of benzene rings is 2. The van der Waals surface area contributed by atoms with Crippen molar-refractivity contribution in [1.82, 2.24) is 10.2 Å². The predicted molar refractivity (Wildman–Crippen MR) is 95.8 cm³/mol. The fourth-order valence-corrected chi connectivity index (χ4v) is 3.31. The van der Waals surface area contributed by atoms with Gasteiger partial charge >= 0.3 is 0 Å². The van der Waals surface area contributed by atoms with Gasteiger partial charge in [0.2, 0.25) is 5.91 Å². The van der Waals surface area contributed by atoms with Gasteiger partial charge in [-0.15, -0.1) is 0 Å². The van der Waals surface area contributed by atoms with Crippen LogP contribution in [0.5, 0.6) is 0 Å². The number of nitriles is 1. The number of nitrogens with zero attached hydrogens (tertiary/aromatic N) is 2. The number of likely N-dealkylation sites (tertiary alicyclic amines) is 1. The number of amides is 2. The largest absolute Gasteiger partial charge is 0.355 e. The maximum absolute atomic E-state index is 12.9. The molecule has 0 atom stereocenters. The first kappa shape index (κ1) is 17.0. The Bertz CT molecular complexity index is 812. The minimum Gasteiger partial charge on any atom is -0.355 e. The number of hydrogen-bond acceptors (Lipinski definition) is 3. The molecule has 128 valence electrons. The lowest BCUT2D eigenvalue weighted by molar-refractivity contribution is -0.120. The van der Waals surface area contributed by atoms with E-state index in [0.717, 1.165) is 29.2 Å². The number of hydrogen-bond donors (Lipinski definition) is 1. The summed E-state index contributed by atoms with van der Waals surface area (Å²) in [5.41, 5.74) is 0.749. The summed E-state index contributed by atoms with van der Waals surface area (Å²) in [6, 6.07) is 15.6. The van der Waals surface area contributed by atoms with Crippen molar-refractivity contribution in [3.8, 4) is 6.07 Å². The molecule has 1 N–H and O–H groups in total. The Morgan fingerprint density at radius 1 is 1.12 bits per heavy atom. The van der Waals surface area contributed by atoms with Gasteiger partial charge in [0.1, 0.15) is 6.42 Å². The molecule has 0 radical (unpaired) electrons. The Balaban J connectivity index is 1.60. The Kier molecular flexibility index (Phi) is 5.30. The average molecular weight is 335 g/mol. The molecule has 1 saturated heterocycles. The van der Waals surface area contributed by atoms with Crippen molar-refractivity contribution in [3.63, 3.8) is 0 Å². The third-order valence-electron chi connectivity index (χ3n) is 4.75. The molecule has 2 amide bonds. The molecule has 1 heterocycles. The molecule has 0 aliphatic carbocycles. The maximum Gasteiger partial charge on any atom is 0.254 e. The van der Waals surface area contributed by atoms with Gasteiger partial charge in [0.15, 0.2) is 0 Å². The van der Waals surface area contributed by atoms with Crippen LogP contribution in [0.3, 0.4) is 0 Å². The van der Waals surface area contributed by atoms with Gasteiger partial charge < -0.3 is 10.2 Å². The minimum atomic E-state index is -0.225. The lowest BCUT2D eigenvalue weighted by atomic mass is 9.95. The number of fused-ring (bicyclic) bond motifs is 1. The molecule has 25 heavy (non-hydrogen) atoms. The van der Waals surface area contributed by atoms with E-state index in [4.69, 9.17) is 5.26 Å². The topological polar surface area (TPSA) is 73.2 Å². The zero-order chi connectivity index (χ0) is 17.6. The molecule has 0 unspecified atom stereocenters. The Labute approximate surface area is 147 Å². The van der Waals surface area contributed by atoms with Gasteiger partial charge in [-0.05, 0) is 35.6 Å². The maximum atomic E-state index is 12.9. The van der Waals surface area contributed by atoms with Gasteiger partial charge in [0.25, 0.3) is 5.91 Å². The van der Waals surface area contributed by atoms with E-state index in [2.05, 4.69) is 5.32 Å². The van der Waals surface area contributed by atoms with Crippen molar-refractivity contribution in [3.05, 3.63) is 48.0 Å². The fourth-order valence-electron chi connectivity index (χ4n) is 3.31. The molecule has 0 aromatic heterocycles. The molecular weight excluding hydrogens is 314 g/mol. The zero-order valence-electron chi connectivity index (χ0n) is 14.1. The van der Waals surface area contributed by atoms with Gasteiger partial charge in [-0.25, -0.2) is 0 Å². The molecule has 2 aromatic carbocycles. The smallest absolute Gasteiger partial charge is 0.254 e. The summed E-state index contributed by atoms with van der Waals surface area (Å²) < 4.78 is 0.